The van der Waals surface area contributed by atoms with Crippen LogP contribution in [0.15, 0.2) is 30.6 Å². The van der Waals surface area contributed by atoms with Gasteiger partial charge in [0.1, 0.15) is 5.69 Å². The topological polar surface area (TPSA) is 140 Å². The Hall–Kier alpha value is -3.45. The van der Waals surface area contributed by atoms with Gasteiger partial charge in [-0.3, -0.25) is 9.40 Å². The fourth-order valence-corrected chi connectivity index (χ4v) is 4.71. The lowest BCUT2D eigenvalue weighted by Crippen LogP contribution is -2.28. The summed E-state index contributed by atoms with van der Waals surface area (Å²) in [6.07, 6.45) is 3.08. The number of benzene rings is 1. The maximum absolute atomic E-state index is 15.7. The van der Waals surface area contributed by atoms with Crippen molar-refractivity contribution in [1.82, 2.24) is 25.1 Å². The number of nitrogens with one attached hydrogen (secondary N) is 3. The monoisotopic (exact) mass is 553 g/mol. The molecule has 37 heavy (non-hydrogen) atoms. The van der Waals surface area contributed by atoms with E-state index in [2.05, 4.69) is 35.2 Å². The van der Waals surface area contributed by atoms with Gasteiger partial charge < -0.3 is 15.4 Å². The van der Waals surface area contributed by atoms with Crippen LogP contribution in [0.3, 0.4) is 0 Å². The maximum Gasteiger partial charge on any atom is 0.406 e. The van der Waals surface area contributed by atoms with Crippen molar-refractivity contribution >= 4 is 39.4 Å². The summed E-state index contributed by atoms with van der Waals surface area (Å²) in [5, 5.41) is 10.2. The minimum atomic E-state index is -3.75. The molecule has 0 saturated carbocycles. The highest BCUT2D eigenvalue weighted by molar-refractivity contribution is 7.92. The van der Waals surface area contributed by atoms with E-state index in [-0.39, 0.29) is 46.3 Å². The number of aromatic nitrogens is 4. The molecule has 0 atom stereocenters. The largest absolute Gasteiger partial charge is 0.453 e. The van der Waals surface area contributed by atoms with Gasteiger partial charge in [0.15, 0.2) is 5.82 Å². The van der Waals surface area contributed by atoms with Gasteiger partial charge in [0, 0.05) is 47.7 Å². The second-order valence-corrected chi connectivity index (χ2v) is 10.6. The number of nitrogens with zero attached hydrogens (tertiary/aromatic N) is 4. The van der Waals surface area contributed by atoms with Crippen LogP contribution in [0.4, 0.5) is 20.8 Å². The van der Waals surface area contributed by atoms with E-state index >= 15 is 4.39 Å². The standard InChI is InChI=1S/C23H29ClFN7O4S/c1-5-10-37(34,35)31-19-12-15(24)11-16(20(19)25)21-17(13-32(30-21)14(2)3)18-6-7-26-22(29-18)27-8-9-28-23(33)36-4/h6-7,11-14,31H,5,8-10H2,1-4H3,(H,28,33)(H,26,27,29). The zero-order valence-electron chi connectivity index (χ0n) is 20.9. The molecular weight excluding hydrogens is 525 g/mol. The van der Waals surface area contributed by atoms with E-state index in [0.717, 1.165) is 0 Å². The van der Waals surface area contributed by atoms with Crippen LogP contribution in [0.25, 0.3) is 22.5 Å². The van der Waals surface area contributed by atoms with Crippen molar-refractivity contribution in [3.05, 3.63) is 41.4 Å². The van der Waals surface area contributed by atoms with Crippen LogP contribution < -0.4 is 15.4 Å². The zero-order valence-corrected chi connectivity index (χ0v) is 22.5. The average Bonchev–Trinajstić information content (AvgIpc) is 3.29. The Morgan fingerprint density at radius 1 is 1.24 bits per heavy atom. The van der Waals surface area contributed by atoms with Crippen molar-refractivity contribution in [1.29, 1.82) is 0 Å². The van der Waals surface area contributed by atoms with Gasteiger partial charge in [-0.25, -0.2) is 27.6 Å². The van der Waals surface area contributed by atoms with Gasteiger partial charge >= 0.3 is 6.09 Å². The van der Waals surface area contributed by atoms with Gasteiger partial charge in [-0.15, -0.1) is 0 Å². The highest BCUT2D eigenvalue weighted by atomic mass is 35.5. The third-order valence-electron chi connectivity index (χ3n) is 5.09. The number of halogens is 2. The molecule has 3 rings (SSSR count). The molecule has 0 aliphatic heterocycles. The quantitative estimate of drug-likeness (QED) is 0.298. The molecule has 0 bridgehead atoms. The first-order valence-electron chi connectivity index (χ1n) is 11.5. The van der Waals surface area contributed by atoms with Crippen molar-refractivity contribution in [2.45, 2.75) is 33.2 Å². The Kier molecular flexibility index (Phi) is 9.27. The molecule has 3 N–H and O–H groups in total. The van der Waals surface area contributed by atoms with Crippen molar-refractivity contribution in [2.24, 2.45) is 0 Å². The van der Waals surface area contributed by atoms with Crippen LogP contribution in [-0.4, -0.2) is 60.2 Å². The maximum atomic E-state index is 15.7. The van der Waals surface area contributed by atoms with Gasteiger partial charge in [0.05, 0.1) is 24.2 Å². The first-order chi connectivity index (χ1) is 17.5. The number of carbonyl (C=O) groups excluding carboxylic acids is 1. The predicted octanol–water partition coefficient (Wildman–Crippen LogP) is 4.30. The summed E-state index contributed by atoms with van der Waals surface area (Å²) in [4.78, 5) is 19.9. The van der Waals surface area contributed by atoms with Gasteiger partial charge in [0.2, 0.25) is 16.0 Å². The molecule has 14 heteroatoms. The zero-order chi connectivity index (χ0) is 27.2. The van der Waals surface area contributed by atoms with E-state index in [1.807, 2.05) is 13.8 Å². The van der Waals surface area contributed by atoms with Crippen molar-refractivity contribution in [3.63, 3.8) is 0 Å². The van der Waals surface area contributed by atoms with E-state index in [9.17, 15) is 13.2 Å². The Labute approximate surface area is 219 Å². The molecule has 0 aliphatic carbocycles. The normalized spacial score (nSPS) is 11.4. The first-order valence-corrected chi connectivity index (χ1v) is 13.6. The summed E-state index contributed by atoms with van der Waals surface area (Å²) in [6, 6.07) is 4.21. The van der Waals surface area contributed by atoms with Crippen LogP contribution in [0, 0.1) is 5.82 Å². The van der Waals surface area contributed by atoms with E-state index in [0.29, 0.717) is 24.2 Å². The minimum absolute atomic E-state index is 0.0199. The summed E-state index contributed by atoms with van der Waals surface area (Å²) in [6.45, 7) is 6.16. The van der Waals surface area contributed by atoms with Crippen molar-refractivity contribution in [2.75, 3.05) is 36.0 Å². The predicted molar refractivity (Wildman–Crippen MR) is 141 cm³/mol. The summed E-state index contributed by atoms with van der Waals surface area (Å²) in [7, 11) is -2.48. The number of sulfonamides is 1. The van der Waals surface area contributed by atoms with Gasteiger partial charge in [-0.1, -0.05) is 18.5 Å². The molecule has 1 aromatic carbocycles. The fraction of sp³-hybridized carbons (Fsp3) is 0.391. The molecule has 0 radical (unpaired) electrons. The summed E-state index contributed by atoms with van der Waals surface area (Å²) in [5.74, 6) is -0.680. The van der Waals surface area contributed by atoms with Gasteiger partial charge in [-0.05, 0) is 38.5 Å². The Balaban J connectivity index is 2.01. The molecule has 0 spiro atoms. The second-order valence-electron chi connectivity index (χ2n) is 8.31. The molecule has 0 fully saturated rings. The first kappa shape index (κ1) is 28.1. The summed E-state index contributed by atoms with van der Waals surface area (Å²) < 4.78 is 48.7. The average molecular weight is 554 g/mol. The number of hydrogen-bond donors (Lipinski definition) is 3. The molecule has 0 unspecified atom stereocenters. The lowest BCUT2D eigenvalue weighted by molar-refractivity contribution is 0.171. The van der Waals surface area contributed by atoms with E-state index < -0.39 is 21.9 Å². The number of hydrogen-bond acceptors (Lipinski definition) is 8. The lowest BCUT2D eigenvalue weighted by atomic mass is 10.0. The number of anilines is 2. The minimum Gasteiger partial charge on any atom is -0.453 e. The number of ether oxygens (including phenoxy) is 1. The number of alkyl carbamates (subject to hydrolysis) is 1. The van der Waals surface area contributed by atoms with Crippen LogP contribution in [0.5, 0.6) is 0 Å². The highest BCUT2D eigenvalue weighted by Crippen LogP contribution is 2.37. The molecule has 11 nitrogen and oxygen atoms in total. The third kappa shape index (κ3) is 7.29. The van der Waals surface area contributed by atoms with Gasteiger partial charge in [-0.2, -0.15) is 5.10 Å². The number of carbonyl (C=O) groups is 1. The molecule has 2 heterocycles. The van der Waals surface area contributed by atoms with Crippen LogP contribution in [0.1, 0.15) is 33.2 Å². The van der Waals surface area contributed by atoms with E-state index in [1.54, 1.807) is 23.9 Å². The fourth-order valence-electron chi connectivity index (χ4n) is 3.37. The molecule has 3 aromatic rings. The molecule has 2 aromatic heterocycles. The Morgan fingerprint density at radius 2 is 2.00 bits per heavy atom. The number of amides is 1. The Morgan fingerprint density at radius 3 is 2.68 bits per heavy atom. The number of methoxy groups -OCH3 is 1. The molecule has 200 valence electrons. The Bertz CT molecular complexity index is 1370. The van der Waals surface area contributed by atoms with E-state index in [1.165, 1.54) is 25.4 Å². The van der Waals surface area contributed by atoms with Gasteiger partial charge in [0.25, 0.3) is 0 Å². The second kappa shape index (κ2) is 12.2. The van der Waals surface area contributed by atoms with Crippen LogP contribution in [-0.2, 0) is 14.8 Å². The number of rotatable bonds is 11. The third-order valence-corrected chi connectivity index (χ3v) is 6.78. The lowest BCUT2D eigenvalue weighted by Gasteiger charge is -2.12. The SMILES string of the molecule is CCCS(=O)(=O)Nc1cc(Cl)cc(-c2nn(C(C)C)cc2-c2ccnc(NCCNC(=O)OC)n2)c1F. The smallest absolute Gasteiger partial charge is 0.406 e. The molecule has 0 aliphatic rings. The van der Waals surface area contributed by atoms with E-state index in [4.69, 9.17) is 11.6 Å². The van der Waals surface area contributed by atoms with Crippen molar-refractivity contribution < 1.29 is 22.3 Å². The van der Waals surface area contributed by atoms with Crippen LogP contribution in [0.2, 0.25) is 5.02 Å². The summed E-state index contributed by atoms with van der Waals surface area (Å²) >= 11 is 6.26. The molecule has 0 saturated heterocycles. The molecule has 1 amide bonds. The summed E-state index contributed by atoms with van der Waals surface area (Å²) in [5.41, 5.74) is 0.945. The molecular formula is C23H29ClFN7O4S. The highest BCUT2D eigenvalue weighted by Gasteiger charge is 2.23. The van der Waals surface area contributed by atoms with Crippen molar-refractivity contribution in [3.8, 4) is 22.5 Å². The van der Waals surface area contributed by atoms with Crippen LogP contribution >= 0.6 is 11.6 Å².